The molecule has 4 heterocycles. The summed E-state index contributed by atoms with van der Waals surface area (Å²) in [5, 5.41) is 4.79. The zero-order chi connectivity index (χ0) is 16.9. The molecule has 0 bridgehead atoms. The van der Waals surface area contributed by atoms with Crippen molar-refractivity contribution in [1.82, 2.24) is 24.7 Å². The molecular formula is C17H25N7. The van der Waals surface area contributed by atoms with Gasteiger partial charge < -0.3 is 10.6 Å². The first kappa shape index (κ1) is 15.4. The molecule has 7 heteroatoms. The molecular weight excluding hydrogens is 302 g/mol. The predicted molar refractivity (Wildman–Crippen MR) is 93.1 cm³/mol. The zero-order valence-electron chi connectivity index (χ0n) is 14.7. The van der Waals surface area contributed by atoms with Gasteiger partial charge in [-0.1, -0.05) is 20.8 Å². The fourth-order valence-corrected chi connectivity index (χ4v) is 3.33. The van der Waals surface area contributed by atoms with Gasteiger partial charge in [-0.3, -0.25) is 4.68 Å². The van der Waals surface area contributed by atoms with Gasteiger partial charge in [0.1, 0.15) is 5.82 Å². The van der Waals surface area contributed by atoms with Gasteiger partial charge in [0.05, 0.1) is 5.69 Å². The summed E-state index contributed by atoms with van der Waals surface area (Å²) < 4.78 is 2.18. The summed E-state index contributed by atoms with van der Waals surface area (Å²) in [4.78, 5) is 15.4. The highest BCUT2D eigenvalue weighted by Crippen LogP contribution is 2.31. The van der Waals surface area contributed by atoms with Crippen molar-refractivity contribution >= 4 is 11.9 Å². The third-order valence-corrected chi connectivity index (χ3v) is 4.83. The van der Waals surface area contributed by atoms with Gasteiger partial charge in [-0.05, 0) is 25.3 Å². The summed E-state index contributed by atoms with van der Waals surface area (Å²) in [6.45, 7) is 9.10. The molecule has 0 spiro atoms. The number of fused-ring (bicyclic) bond motifs is 1. The monoisotopic (exact) mass is 327 g/mol. The topological polar surface area (TPSA) is 85.8 Å². The maximum absolute atomic E-state index is 5.88. The molecule has 2 aromatic heterocycles. The molecule has 0 aromatic carbocycles. The van der Waals surface area contributed by atoms with Crippen LogP contribution in [-0.4, -0.2) is 37.8 Å². The summed E-state index contributed by atoms with van der Waals surface area (Å²) in [6, 6.07) is 2.28. The smallest absolute Gasteiger partial charge is 0.230 e. The number of rotatable bonds is 2. The standard InChI is InChI=1S/C17H25N7/c1-17(2,3)14-19-15(18)21-16(20-14)23-9-11(10-23)13-8-12-6-4-5-7-24(12)22-13/h8,11H,4-7,9-10H2,1-3H3,(H2,18,19,20,21). The Balaban J connectivity index is 1.49. The summed E-state index contributed by atoms with van der Waals surface area (Å²) in [7, 11) is 0. The summed E-state index contributed by atoms with van der Waals surface area (Å²) in [5.74, 6) is 2.18. The molecule has 0 radical (unpaired) electrons. The first-order chi connectivity index (χ1) is 11.4. The molecule has 1 fully saturated rings. The Hall–Kier alpha value is -2.18. The van der Waals surface area contributed by atoms with Crippen LogP contribution in [0.2, 0.25) is 0 Å². The fraction of sp³-hybridized carbons (Fsp3) is 0.647. The molecule has 2 aromatic rings. The van der Waals surface area contributed by atoms with Gasteiger partial charge in [0.25, 0.3) is 0 Å². The highest BCUT2D eigenvalue weighted by molar-refractivity contribution is 5.41. The highest BCUT2D eigenvalue weighted by Gasteiger charge is 2.33. The maximum Gasteiger partial charge on any atom is 0.230 e. The van der Waals surface area contributed by atoms with Crippen LogP contribution in [0.4, 0.5) is 11.9 Å². The van der Waals surface area contributed by atoms with Gasteiger partial charge >= 0.3 is 0 Å². The van der Waals surface area contributed by atoms with Crippen molar-refractivity contribution in [3.63, 3.8) is 0 Å². The summed E-state index contributed by atoms with van der Waals surface area (Å²) in [6.07, 6.45) is 3.68. The number of hydrogen-bond acceptors (Lipinski definition) is 6. The Morgan fingerprint density at radius 2 is 1.92 bits per heavy atom. The van der Waals surface area contributed by atoms with Gasteiger partial charge in [0, 0.05) is 36.7 Å². The quantitative estimate of drug-likeness (QED) is 0.906. The van der Waals surface area contributed by atoms with Gasteiger partial charge in [-0.15, -0.1) is 0 Å². The first-order valence-corrected chi connectivity index (χ1v) is 8.74. The van der Waals surface area contributed by atoms with E-state index in [4.69, 9.17) is 10.8 Å². The number of hydrogen-bond donors (Lipinski definition) is 1. The van der Waals surface area contributed by atoms with Crippen molar-refractivity contribution in [2.45, 2.75) is 57.9 Å². The second-order valence-corrected chi connectivity index (χ2v) is 7.91. The van der Waals surface area contributed by atoms with E-state index in [1.807, 2.05) is 0 Å². The Bertz CT molecular complexity index is 729. The van der Waals surface area contributed by atoms with Crippen LogP contribution in [0, 0.1) is 0 Å². The van der Waals surface area contributed by atoms with Crippen LogP contribution in [-0.2, 0) is 18.4 Å². The van der Waals surface area contributed by atoms with E-state index in [-0.39, 0.29) is 5.41 Å². The lowest BCUT2D eigenvalue weighted by molar-refractivity contribution is 0.460. The van der Waals surface area contributed by atoms with Crippen molar-refractivity contribution in [2.24, 2.45) is 0 Å². The van der Waals surface area contributed by atoms with Crippen molar-refractivity contribution < 1.29 is 0 Å². The van der Waals surface area contributed by atoms with E-state index in [2.05, 4.69) is 51.4 Å². The Labute approximate surface area is 142 Å². The average molecular weight is 327 g/mol. The minimum absolute atomic E-state index is 0.140. The van der Waals surface area contributed by atoms with Crippen LogP contribution < -0.4 is 10.6 Å². The van der Waals surface area contributed by atoms with Crippen molar-refractivity contribution in [2.75, 3.05) is 23.7 Å². The highest BCUT2D eigenvalue weighted by atomic mass is 15.3. The lowest BCUT2D eigenvalue weighted by atomic mass is 9.95. The van der Waals surface area contributed by atoms with E-state index in [1.54, 1.807) is 0 Å². The van der Waals surface area contributed by atoms with E-state index < -0.39 is 0 Å². The Morgan fingerprint density at radius 1 is 1.12 bits per heavy atom. The lowest BCUT2D eigenvalue weighted by Gasteiger charge is -2.38. The van der Waals surface area contributed by atoms with Crippen molar-refractivity contribution in [3.05, 3.63) is 23.3 Å². The third kappa shape index (κ3) is 2.72. The fourth-order valence-electron chi connectivity index (χ4n) is 3.33. The maximum atomic E-state index is 5.88. The minimum atomic E-state index is -0.140. The van der Waals surface area contributed by atoms with Crippen LogP contribution in [0.3, 0.4) is 0 Å². The van der Waals surface area contributed by atoms with Gasteiger partial charge in [0.15, 0.2) is 0 Å². The number of anilines is 2. The predicted octanol–water partition coefficient (Wildman–Crippen LogP) is 1.89. The van der Waals surface area contributed by atoms with E-state index in [1.165, 1.54) is 24.2 Å². The molecule has 128 valence electrons. The van der Waals surface area contributed by atoms with Gasteiger partial charge in [-0.2, -0.15) is 20.1 Å². The average Bonchev–Trinajstić information content (AvgIpc) is 2.87. The molecule has 2 N–H and O–H groups in total. The van der Waals surface area contributed by atoms with E-state index in [9.17, 15) is 0 Å². The first-order valence-electron chi connectivity index (χ1n) is 8.74. The molecule has 1 saturated heterocycles. The van der Waals surface area contributed by atoms with Crippen molar-refractivity contribution in [1.29, 1.82) is 0 Å². The number of nitrogens with two attached hydrogens (primary N) is 1. The van der Waals surface area contributed by atoms with E-state index in [0.717, 1.165) is 31.9 Å². The molecule has 0 aliphatic carbocycles. The number of aryl methyl sites for hydroxylation is 2. The molecule has 0 saturated carbocycles. The summed E-state index contributed by atoms with van der Waals surface area (Å²) >= 11 is 0. The molecule has 0 unspecified atom stereocenters. The summed E-state index contributed by atoms with van der Waals surface area (Å²) in [5.41, 5.74) is 8.33. The van der Waals surface area contributed by atoms with E-state index >= 15 is 0 Å². The van der Waals surface area contributed by atoms with Gasteiger partial charge in [0.2, 0.25) is 11.9 Å². The van der Waals surface area contributed by atoms with Crippen LogP contribution >= 0.6 is 0 Å². The molecule has 4 rings (SSSR count). The van der Waals surface area contributed by atoms with Gasteiger partial charge in [-0.25, -0.2) is 0 Å². The normalized spacial score (nSPS) is 18.4. The largest absolute Gasteiger partial charge is 0.368 e. The van der Waals surface area contributed by atoms with Crippen LogP contribution in [0.5, 0.6) is 0 Å². The molecule has 7 nitrogen and oxygen atoms in total. The molecule has 2 aliphatic rings. The SMILES string of the molecule is CC(C)(C)c1nc(N)nc(N2CC(c3cc4n(n3)CCCC4)C2)n1. The number of aromatic nitrogens is 5. The number of nitrogen functional groups attached to an aromatic ring is 1. The molecule has 24 heavy (non-hydrogen) atoms. The number of nitrogens with zero attached hydrogens (tertiary/aromatic N) is 6. The molecule has 2 aliphatic heterocycles. The van der Waals surface area contributed by atoms with Crippen LogP contribution in [0.1, 0.15) is 56.7 Å². The molecule has 0 atom stereocenters. The zero-order valence-corrected chi connectivity index (χ0v) is 14.7. The third-order valence-electron chi connectivity index (χ3n) is 4.83. The lowest BCUT2D eigenvalue weighted by Crippen LogP contribution is -2.46. The second kappa shape index (κ2) is 5.43. The van der Waals surface area contributed by atoms with Crippen LogP contribution in [0.15, 0.2) is 6.07 Å². The Morgan fingerprint density at radius 3 is 2.62 bits per heavy atom. The second-order valence-electron chi connectivity index (χ2n) is 7.91. The molecule has 0 amide bonds. The van der Waals surface area contributed by atoms with Crippen molar-refractivity contribution in [3.8, 4) is 0 Å². The Kier molecular flexibility index (Phi) is 3.47. The van der Waals surface area contributed by atoms with E-state index in [0.29, 0.717) is 17.8 Å². The minimum Gasteiger partial charge on any atom is -0.368 e. The van der Waals surface area contributed by atoms with Crippen LogP contribution in [0.25, 0.3) is 0 Å².